The number of hydrogen-bond acceptors (Lipinski definition) is 11. The number of carbonyl (C=O) groups is 1. The standard InChI is InChI=1S/C28H30N9O4Si/c1-39-23-8-10-36(11-9-23)27(38)20-6-7-24(26(13-20)40-2)33-28-30-15-22(16-31-28)19-4-5-21(14-29)25(12-19)41-42(3)18-37-17-32-34-35-37/h4-7,12-13,15-17,23H,8-11,18H2,1-3H3,(H,30,31,33). The fourth-order valence-electron chi connectivity index (χ4n) is 4.65. The number of methoxy groups -OCH3 is 2. The Labute approximate surface area is 244 Å². The van der Waals surface area contributed by atoms with Crippen molar-refractivity contribution in [3.8, 4) is 28.7 Å². The first kappa shape index (κ1) is 28.6. The lowest BCUT2D eigenvalue weighted by Crippen LogP contribution is -2.40. The van der Waals surface area contributed by atoms with Crippen molar-refractivity contribution in [2.45, 2.75) is 31.7 Å². The predicted octanol–water partition coefficient (Wildman–Crippen LogP) is 3.24. The van der Waals surface area contributed by atoms with Crippen molar-refractivity contribution in [3.05, 3.63) is 66.2 Å². The molecule has 4 aromatic rings. The third kappa shape index (κ3) is 6.70. The largest absolute Gasteiger partial charge is 0.539 e. The second-order valence-electron chi connectivity index (χ2n) is 9.70. The number of piperidine rings is 1. The number of ether oxygens (including phenoxy) is 2. The van der Waals surface area contributed by atoms with Crippen LogP contribution < -0.4 is 14.5 Å². The average molecular weight is 585 g/mol. The Bertz CT molecular complexity index is 1550. The van der Waals surface area contributed by atoms with Crippen LogP contribution in [0.5, 0.6) is 11.5 Å². The minimum atomic E-state index is -1.37. The Morgan fingerprint density at radius 1 is 1.10 bits per heavy atom. The number of nitrogens with one attached hydrogen (secondary N) is 1. The second kappa shape index (κ2) is 13.2. The molecule has 1 aliphatic rings. The summed E-state index contributed by atoms with van der Waals surface area (Å²) in [6.45, 7) is 3.30. The average Bonchev–Trinajstić information content (AvgIpc) is 3.54. The van der Waals surface area contributed by atoms with Crippen molar-refractivity contribution in [2.24, 2.45) is 0 Å². The molecule has 1 radical (unpaired) electrons. The quantitative estimate of drug-likeness (QED) is 0.273. The van der Waals surface area contributed by atoms with Crippen LogP contribution in [0.4, 0.5) is 11.6 Å². The van der Waals surface area contributed by atoms with E-state index in [1.165, 1.54) is 6.33 Å². The van der Waals surface area contributed by atoms with Crippen LogP contribution in [-0.2, 0) is 10.9 Å². The van der Waals surface area contributed by atoms with E-state index < -0.39 is 9.04 Å². The van der Waals surface area contributed by atoms with E-state index in [4.69, 9.17) is 13.9 Å². The maximum atomic E-state index is 13.0. The van der Waals surface area contributed by atoms with Gasteiger partial charge in [-0.05, 0) is 65.7 Å². The van der Waals surface area contributed by atoms with Gasteiger partial charge in [-0.1, -0.05) is 6.07 Å². The number of amides is 1. The van der Waals surface area contributed by atoms with E-state index in [0.717, 1.165) is 24.0 Å². The first-order valence-corrected chi connectivity index (χ1v) is 15.4. The van der Waals surface area contributed by atoms with Crippen LogP contribution in [0.2, 0.25) is 6.55 Å². The molecule has 0 spiro atoms. The number of nitrogens with zero attached hydrogens (tertiary/aromatic N) is 8. The number of benzene rings is 2. The monoisotopic (exact) mass is 584 g/mol. The third-order valence-corrected chi connectivity index (χ3v) is 8.24. The maximum Gasteiger partial charge on any atom is 0.300 e. The van der Waals surface area contributed by atoms with E-state index in [1.54, 1.807) is 55.6 Å². The molecule has 0 aliphatic carbocycles. The SMILES string of the molecule is COc1cc(C(=O)N2CCC(OC)CC2)ccc1Nc1ncc(-c2ccc(C#N)c(O[Si](C)Cn3cnnn3)c2)cn1. The molecule has 0 unspecified atom stereocenters. The molecular weight excluding hydrogens is 554 g/mol. The molecule has 1 N–H and O–H groups in total. The molecule has 1 amide bonds. The molecule has 0 bridgehead atoms. The van der Waals surface area contributed by atoms with Crippen molar-refractivity contribution >= 4 is 26.6 Å². The van der Waals surface area contributed by atoms with Crippen LogP contribution >= 0.6 is 0 Å². The number of tetrazole rings is 1. The molecular formula is C28H30N9O4Si. The minimum absolute atomic E-state index is 0.0347. The van der Waals surface area contributed by atoms with Crippen molar-refractivity contribution < 1.29 is 18.7 Å². The normalized spacial score (nSPS) is 13.5. The smallest absolute Gasteiger partial charge is 0.300 e. The van der Waals surface area contributed by atoms with Crippen LogP contribution in [0.1, 0.15) is 28.8 Å². The summed E-state index contributed by atoms with van der Waals surface area (Å²) in [5, 5.41) is 23.9. The van der Waals surface area contributed by atoms with Gasteiger partial charge in [0, 0.05) is 43.7 Å². The van der Waals surface area contributed by atoms with Crippen molar-refractivity contribution in [2.75, 3.05) is 32.6 Å². The summed E-state index contributed by atoms with van der Waals surface area (Å²) in [7, 11) is 1.89. The molecule has 3 heterocycles. The van der Waals surface area contributed by atoms with Crippen LogP contribution in [0.3, 0.4) is 0 Å². The van der Waals surface area contributed by atoms with Crippen LogP contribution in [-0.4, -0.2) is 83.4 Å². The van der Waals surface area contributed by atoms with Crippen molar-refractivity contribution in [1.82, 2.24) is 35.1 Å². The number of anilines is 2. The Hall–Kier alpha value is -4.87. The van der Waals surface area contributed by atoms with Gasteiger partial charge in [-0.2, -0.15) is 5.26 Å². The number of rotatable bonds is 10. The van der Waals surface area contributed by atoms with Gasteiger partial charge in [0.25, 0.3) is 14.9 Å². The highest BCUT2D eigenvalue weighted by Gasteiger charge is 2.24. The van der Waals surface area contributed by atoms with Gasteiger partial charge in [-0.25, -0.2) is 14.6 Å². The lowest BCUT2D eigenvalue weighted by atomic mass is 10.1. The van der Waals surface area contributed by atoms with Gasteiger partial charge in [-0.15, -0.1) is 5.10 Å². The van der Waals surface area contributed by atoms with Gasteiger partial charge in [-0.3, -0.25) is 4.79 Å². The molecule has 1 aliphatic heterocycles. The predicted molar refractivity (Wildman–Crippen MR) is 154 cm³/mol. The Morgan fingerprint density at radius 3 is 2.55 bits per heavy atom. The molecule has 42 heavy (non-hydrogen) atoms. The van der Waals surface area contributed by atoms with E-state index >= 15 is 0 Å². The summed E-state index contributed by atoms with van der Waals surface area (Å²) in [6, 6.07) is 12.8. The first-order chi connectivity index (χ1) is 20.5. The van der Waals surface area contributed by atoms with E-state index in [1.807, 2.05) is 23.6 Å². The highest BCUT2D eigenvalue weighted by molar-refractivity contribution is 6.49. The highest BCUT2D eigenvalue weighted by atomic mass is 28.3. The van der Waals surface area contributed by atoms with E-state index in [9.17, 15) is 10.1 Å². The summed E-state index contributed by atoms with van der Waals surface area (Å²) >= 11 is 0. The van der Waals surface area contributed by atoms with Gasteiger partial charge in [0.2, 0.25) is 5.95 Å². The zero-order valence-corrected chi connectivity index (χ0v) is 24.5. The van der Waals surface area contributed by atoms with Crippen molar-refractivity contribution in [3.63, 3.8) is 0 Å². The van der Waals surface area contributed by atoms with Crippen LogP contribution in [0.15, 0.2) is 55.1 Å². The van der Waals surface area contributed by atoms with Gasteiger partial charge >= 0.3 is 0 Å². The molecule has 14 heteroatoms. The van der Waals surface area contributed by atoms with Gasteiger partial charge < -0.3 is 24.1 Å². The first-order valence-electron chi connectivity index (χ1n) is 13.3. The topological polar surface area (TPSA) is 153 Å². The second-order valence-corrected chi connectivity index (χ2v) is 11.6. The number of aromatic nitrogens is 6. The molecule has 2 aromatic heterocycles. The minimum Gasteiger partial charge on any atom is -0.539 e. The number of hydrogen-bond donors (Lipinski definition) is 1. The van der Waals surface area contributed by atoms with Crippen molar-refractivity contribution in [1.29, 1.82) is 5.26 Å². The summed E-state index contributed by atoms with van der Waals surface area (Å²) in [6.07, 6.45) is 7.29. The molecule has 215 valence electrons. The third-order valence-electron chi connectivity index (χ3n) is 6.91. The number of nitriles is 1. The Morgan fingerprint density at radius 2 is 1.88 bits per heavy atom. The van der Waals surface area contributed by atoms with Gasteiger partial charge in [0.15, 0.2) is 0 Å². The van der Waals surface area contributed by atoms with Crippen LogP contribution in [0.25, 0.3) is 11.1 Å². The van der Waals surface area contributed by atoms with Gasteiger partial charge in [0.05, 0.1) is 30.6 Å². The fraction of sp³-hybridized carbons (Fsp3) is 0.321. The van der Waals surface area contributed by atoms with Gasteiger partial charge in [0.1, 0.15) is 23.9 Å². The Balaban J connectivity index is 1.27. The maximum absolute atomic E-state index is 13.0. The summed E-state index contributed by atoms with van der Waals surface area (Å²) in [5.41, 5.74) is 3.19. The molecule has 5 rings (SSSR count). The van der Waals surface area contributed by atoms with E-state index in [2.05, 4.69) is 36.9 Å². The molecule has 1 saturated heterocycles. The molecule has 13 nitrogen and oxygen atoms in total. The highest BCUT2D eigenvalue weighted by Crippen LogP contribution is 2.30. The summed E-state index contributed by atoms with van der Waals surface area (Å²) in [4.78, 5) is 23.8. The Kier molecular flexibility index (Phi) is 9.00. The number of likely N-dealkylation sites (tertiary alicyclic amines) is 1. The zero-order valence-electron chi connectivity index (χ0n) is 23.5. The molecule has 2 aromatic carbocycles. The number of carbonyl (C=O) groups excluding carboxylic acids is 1. The zero-order chi connectivity index (χ0) is 29.5. The summed E-state index contributed by atoms with van der Waals surface area (Å²) in [5.74, 6) is 1.33. The van der Waals surface area contributed by atoms with E-state index in [0.29, 0.717) is 53.5 Å². The lowest BCUT2D eigenvalue weighted by Gasteiger charge is -2.31. The molecule has 1 fully saturated rings. The lowest BCUT2D eigenvalue weighted by molar-refractivity contribution is 0.0350. The molecule has 0 atom stereocenters. The van der Waals surface area contributed by atoms with Crippen LogP contribution in [0, 0.1) is 11.3 Å². The summed E-state index contributed by atoms with van der Waals surface area (Å²) < 4.78 is 18.7. The van der Waals surface area contributed by atoms with E-state index in [-0.39, 0.29) is 12.0 Å². The molecule has 0 saturated carbocycles. The fourth-order valence-corrected chi connectivity index (χ4v) is 5.86.